The van der Waals surface area contributed by atoms with Gasteiger partial charge >= 0.3 is 0 Å². The third kappa shape index (κ3) is 7.81. The van der Waals surface area contributed by atoms with E-state index in [9.17, 15) is 9.59 Å². The number of methoxy groups -OCH3 is 2. The Kier molecular flexibility index (Phi) is 10.8. The smallest absolute Gasteiger partial charge is 0.257 e. The van der Waals surface area contributed by atoms with E-state index < -0.39 is 0 Å². The molecule has 3 aliphatic heterocycles. The number of benzene rings is 4. The largest absolute Gasteiger partial charge is 0.493 e. The number of ether oxygens (including phenoxy) is 4. The summed E-state index contributed by atoms with van der Waals surface area (Å²) in [6, 6.07) is 23.6. The van der Waals surface area contributed by atoms with Gasteiger partial charge in [-0.2, -0.15) is 0 Å². The fourth-order valence-electron chi connectivity index (χ4n) is 7.11. The average molecular weight is 716 g/mol. The van der Waals surface area contributed by atoms with Crippen LogP contribution in [0.1, 0.15) is 43.0 Å². The molecule has 1 amide bonds. The summed E-state index contributed by atoms with van der Waals surface area (Å²) in [4.78, 5) is 41.4. The van der Waals surface area contributed by atoms with Gasteiger partial charge in [-0.05, 0) is 61.3 Å². The minimum absolute atomic E-state index is 0.0686. The summed E-state index contributed by atoms with van der Waals surface area (Å²) < 4.78 is 23.6. The maximum atomic E-state index is 13.7. The molecule has 0 spiro atoms. The Morgan fingerprint density at radius 1 is 0.830 bits per heavy atom. The molecule has 2 atom stereocenters. The quantitative estimate of drug-likeness (QED) is 0.124. The first-order valence-corrected chi connectivity index (χ1v) is 17.9. The van der Waals surface area contributed by atoms with Crippen molar-refractivity contribution in [2.75, 3.05) is 54.6 Å². The van der Waals surface area contributed by atoms with Crippen LogP contribution in [0.2, 0.25) is 0 Å². The first-order chi connectivity index (χ1) is 25.8. The SMILES string of the molecule is COc1cc(C=O)c(N=CC2Cc3ccccc3CN2C)cc1OCCN(C)CCOc1cc2c(cc1OC)C(=O)N1Cc3ccccc3CC1C=N2. The lowest BCUT2D eigenvalue weighted by Crippen LogP contribution is -2.44. The Morgan fingerprint density at radius 2 is 1.45 bits per heavy atom. The van der Waals surface area contributed by atoms with Crippen LogP contribution in [0.4, 0.5) is 11.4 Å². The van der Waals surface area contributed by atoms with Crippen LogP contribution >= 0.6 is 0 Å². The van der Waals surface area contributed by atoms with Gasteiger partial charge in [-0.1, -0.05) is 48.5 Å². The van der Waals surface area contributed by atoms with E-state index in [0.717, 1.165) is 31.2 Å². The highest BCUT2D eigenvalue weighted by Crippen LogP contribution is 2.39. The topological polar surface area (TPSA) is 106 Å². The van der Waals surface area contributed by atoms with Gasteiger partial charge in [0.25, 0.3) is 5.91 Å². The second kappa shape index (κ2) is 16.0. The van der Waals surface area contributed by atoms with Gasteiger partial charge in [0, 0.05) is 62.3 Å². The summed E-state index contributed by atoms with van der Waals surface area (Å²) in [5.41, 5.74) is 7.09. The van der Waals surface area contributed by atoms with E-state index in [2.05, 4.69) is 53.2 Å². The Bertz CT molecular complexity index is 2050. The molecule has 0 saturated heterocycles. The summed E-state index contributed by atoms with van der Waals surface area (Å²) in [6.07, 6.45) is 6.16. The van der Waals surface area contributed by atoms with Gasteiger partial charge in [-0.3, -0.25) is 29.4 Å². The maximum absolute atomic E-state index is 13.7. The van der Waals surface area contributed by atoms with Crippen molar-refractivity contribution in [3.05, 3.63) is 106 Å². The monoisotopic (exact) mass is 715 g/mol. The Labute approximate surface area is 310 Å². The van der Waals surface area contributed by atoms with Gasteiger partial charge in [0.1, 0.15) is 13.2 Å². The number of hydrogen-bond donors (Lipinski definition) is 0. The summed E-state index contributed by atoms with van der Waals surface area (Å²) in [5, 5.41) is 0. The third-order valence-corrected chi connectivity index (χ3v) is 10.3. The minimum atomic E-state index is -0.111. The van der Waals surface area contributed by atoms with Crippen LogP contribution in [-0.2, 0) is 25.9 Å². The zero-order chi connectivity index (χ0) is 36.9. The number of carbonyl (C=O) groups is 2. The van der Waals surface area contributed by atoms with Gasteiger partial charge in [-0.25, -0.2) is 0 Å². The van der Waals surface area contributed by atoms with Gasteiger partial charge in [-0.15, -0.1) is 0 Å². The van der Waals surface area contributed by atoms with Gasteiger partial charge in [0.05, 0.1) is 37.2 Å². The van der Waals surface area contributed by atoms with E-state index in [4.69, 9.17) is 28.9 Å². The maximum Gasteiger partial charge on any atom is 0.257 e. The predicted molar refractivity (Wildman–Crippen MR) is 205 cm³/mol. The summed E-state index contributed by atoms with van der Waals surface area (Å²) in [6.45, 7) is 3.35. The van der Waals surface area contributed by atoms with Crippen molar-refractivity contribution in [3.63, 3.8) is 0 Å². The molecule has 0 aliphatic carbocycles. The van der Waals surface area contributed by atoms with Crippen LogP contribution in [0.5, 0.6) is 23.0 Å². The summed E-state index contributed by atoms with van der Waals surface area (Å²) >= 11 is 0. The van der Waals surface area contributed by atoms with Gasteiger partial charge in [0.2, 0.25) is 0 Å². The highest BCUT2D eigenvalue weighted by Gasteiger charge is 2.33. The van der Waals surface area contributed by atoms with Crippen molar-refractivity contribution in [2.45, 2.75) is 38.0 Å². The van der Waals surface area contributed by atoms with Crippen molar-refractivity contribution in [2.24, 2.45) is 9.98 Å². The van der Waals surface area contributed by atoms with Crippen molar-refractivity contribution < 1.29 is 28.5 Å². The lowest BCUT2D eigenvalue weighted by molar-refractivity contribution is 0.0703. The second-order valence-electron chi connectivity index (χ2n) is 13.7. The Hall–Kier alpha value is -5.52. The molecule has 274 valence electrons. The molecular weight excluding hydrogens is 670 g/mol. The summed E-state index contributed by atoms with van der Waals surface area (Å²) in [7, 11) is 7.20. The van der Waals surface area contributed by atoms with E-state index in [1.807, 2.05) is 36.5 Å². The van der Waals surface area contributed by atoms with Crippen molar-refractivity contribution in [1.29, 1.82) is 0 Å². The fraction of sp³-hybridized carbons (Fsp3) is 0.333. The van der Waals surface area contributed by atoms with E-state index >= 15 is 0 Å². The normalized spacial score (nSPS) is 17.8. The van der Waals surface area contributed by atoms with Crippen molar-refractivity contribution in [3.8, 4) is 23.0 Å². The molecule has 0 radical (unpaired) electrons. The van der Waals surface area contributed by atoms with E-state index in [0.29, 0.717) is 78.3 Å². The molecular formula is C42H45N5O6. The highest BCUT2D eigenvalue weighted by molar-refractivity contribution is 6.03. The predicted octanol–water partition coefficient (Wildman–Crippen LogP) is 5.95. The number of fused-ring (bicyclic) bond motifs is 4. The first kappa shape index (κ1) is 35.9. The fourth-order valence-corrected chi connectivity index (χ4v) is 7.11. The van der Waals surface area contributed by atoms with Crippen LogP contribution in [0.25, 0.3) is 0 Å². The molecule has 0 aromatic heterocycles. The lowest BCUT2D eigenvalue weighted by Gasteiger charge is -2.34. The zero-order valence-electron chi connectivity index (χ0n) is 30.7. The number of likely N-dealkylation sites (N-methyl/N-ethyl adjacent to an activating group) is 2. The van der Waals surface area contributed by atoms with Crippen LogP contribution < -0.4 is 18.9 Å². The third-order valence-electron chi connectivity index (χ3n) is 10.3. The van der Waals surface area contributed by atoms with E-state index in [-0.39, 0.29) is 18.0 Å². The Balaban J connectivity index is 0.951. The van der Waals surface area contributed by atoms with E-state index in [1.54, 1.807) is 38.5 Å². The van der Waals surface area contributed by atoms with Crippen LogP contribution in [0, 0.1) is 0 Å². The zero-order valence-corrected chi connectivity index (χ0v) is 30.7. The molecule has 0 bridgehead atoms. The molecule has 0 fully saturated rings. The highest BCUT2D eigenvalue weighted by atomic mass is 16.5. The molecule has 0 N–H and O–H groups in total. The second-order valence-corrected chi connectivity index (χ2v) is 13.7. The van der Waals surface area contributed by atoms with Crippen LogP contribution in [0.3, 0.4) is 0 Å². The molecule has 53 heavy (non-hydrogen) atoms. The lowest BCUT2D eigenvalue weighted by atomic mass is 9.94. The number of aldehydes is 1. The molecule has 7 rings (SSSR count). The van der Waals surface area contributed by atoms with Crippen LogP contribution in [-0.4, -0.2) is 106 Å². The molecule has 3 heterocycles. The van der Waals surface area contributed by atoms with E-state index in [1.165, 1.54) is 16.7 Å². The standard InChI is InChI=1S/C42H45N5O6/c1-45(13-15-52-40-21-36(32(27-48)19-38(40)50-3)43-23-33-17-28-9-5-7-11-30(28)25-46(33)2)14-16-53-41-22-37-35(20-39(41)51-4)42(49)47-26-31-12-8-6-10-29(31)18-34(47)24-44-37/h5-12,19-24,27,33-34H,13-18,25-26H2,1-4H3. The molecule has 2 unspecified atom stereocenters. The average Bonchev–Trinajstić information content (AvgIpc) is 3.30. The number of amides is 1. The van der Waals surface area contributed by atoms with Crippen LogP contribution in [0.15, 0.2) is 82.8 Å². The minimum Gasteiger partial charge on any atom is -0.493 e. The molecule has 0 saturated carbocycles. The number of hydrogen-bond acceptors (Lipinski definition) is 10. The molecule has 11 nitrogen and oxygen atoms in total. The molecule has 11 heteroatoms. The summed E-state index contributed by atoms with van der Waals surface area (Å²) in [5.74, 6) is 1.93. The number of aliphatic imine (C=N–C) groups is 2. The molecule has 3 aliphatic rings. The molecule has 4 aromatic carbocycles. The number of carbonyl (C=O) groups excluding carboxylic acids is 2. The number of rotatable bonds is 13. The first-order valence-electron chi connectivity index (χ1n) is 17.9. The molecule has 4 aromatic rings. The van der Waals surface area contributed by atoms with Gasteiger partial charge < -0.3 is 23.8 Å². The van der Waals surface area contributed by atoms with Crippen molar-refractivity contribution >= 4 is 36.0 Å². The van der Waals surface area contributed by atoms with Crippen molar-refractivity contribution in [1.82, 2.24) is 14.7 Å². The number of nitrogens with zero attached hydrogens (tertiary/aromatic N) is 5. The van der Waals surface area contributed by atoms with Gasteiger partial charge in [0.15, 0.2) is 29.3 Å². The Morgan fingerprint density at radius 3 is 2.13 bits per heavy atom.